The first-order valence-electron chi connectivity index (χ1n) is 9.28. The number of hydrogen-bond acceptors (Lipinski definition) is 4. The highest BCUT2D eigenvalue weighted by Crippen LogP contribution is 2.26. The van der Waals surface area contributed by atoms with E-state index in [2.05, 4.69) is 4.90 Å². The van der Waals surface area contributed by atoms with Crippen LogP contribution in [0.3, 0.4) is 0 Å². The quantitative estimate of drug-likeness (QED) is 0.652. The van der Waals surface area contributed by atoms with E-state index < -0.39 is 5.97 Å². The molecule has 154 valence electrons. The Morgan fingerprint density at radius 1 is 1.14 bits per heavy atom. The zero-order valence-corrected chi connectivity index (χ0v) is 17.9. The number of carbonyl (C=O) groups excluding carboxylic acids is 2. The molecule has 2 heterocycles. The van der Waals surface area contributed by atoms with Gasteiger partial charge in [0.15, 0.2) is 0 Å². The van der Waals surface area contributed by atoms with Gasteiger partial charge in [-0.05, 0) is 62.5 Å². The molecule has 2 saturated heterocycles. The van der Waals surface area contributed by atoms with E-state index in [1.165, 1.54) is 18.9 Å². The molecule has 5 nitrogen and oxygen atoms in total. The summed E-state index contributed by atoms with van der Waals surface area (Å²) >= 11 is 12.0. The van der Waals surface area contributed by atoms with Gasteiger partial charge < -0.3 is 19.7 Å². The highest BCUT2D eigenvalue weighted by molar-refractivity contribution is 6.42. The van der Waals surface area contributed by atoms with Crippen molar-refractivity contribution in [2.75, 3.05) is 26.2 Å². The number of amides is 1. The lowest BCUT2D eigenvalue weighted by atomic mass is 9.94. The molecular formula is C20H24Cl3N2O3-. The Balaban J connectivity index is 0.00000280. The van der Waals surface area contributed by atoms with Gasteiger partial charge in [-0.1, -0.05) is 34.8 Å². The first-order chi connectivity index (χ1) is 12.9. The van der Waals surface area contributed by atoms with Crippen molar-refractivity contribution < 1.29 is 14.7 Å². The lowest BCUT2D eigenvalue weighted by molar-refractivity contribution is -0.297. The van der Waals surface area contributed by atoms with Crippen LogP contribution in [0.25, 0.3) is 0 Å². The van der Waals surface area contributed by atoms with Crippen LogP contribution in [-0.4, -0.2) is 53.9 Å². The fourth-order valence-electron chi connectivity index (χ4n) is 3.94. The van der Waals surface area contributed by atoms with E-state index in [0.29, 0.717) is 29.4 Å². The Morgan fingerprint density at radius 3 is 2.50 bits per heavy atom. The summed E-state index contributed by atoms with van der Waals surface area (Å²) in [5.41, 5.74) is 1.67. The number of carbonyl (C=O) groups is 2. The Bertz CT molecular complexity index is 748. The van der Waals surface area contributed by atoms with E-state index in [0.717, 1.165) is 30.8 Å². The molecule has 1 aromatic rings. The molecule has 2 aliphatic heterocycles. The van der Waals surface area contributed by atoms with Crippen LogP contribution in [-0.2, 0) is 16.0 Å². The van der Waals surface area contributed by atoms with E-state index in [4.69, 9.17) is 23.2 Å². The maximum absolute atomic E-state index is 13.0. The molecule has 0 saturated carbocycles. The monoisotopic (exact) mass is 445 g/mol. The molecule has 0 N–H and O–H groups in total. The van der Waals surface area contributed by atoms with Crippen molar-refractivity contribution in [2.45, 2.75) is 38.1 Å². The molecular weight excluding hydrogens is 423 g/mol. The average Bonchev–Trinajstić information content (AvgIpc) is 3.11. The molecule has 1 amide bonds. The van der Waals surface area contributed by atoms with Gasteiger partial charge in [0, 0.05) is 19.1 Å². The molecule has 2 fully saturated rings. The molecule has 1 unspecified atom stereocenters. The highest BCUT2D eigenvalue weighted by Gasteiger charge is 2.30. The van der Waals surface area contributed by atoms with Gasteiger partial charge in [-0.3, -0.25) is 4.79 Å². The second-order valence-electron chi connectivity index (χ2n) is 7.25. The number of hydrogen-bond donors (Lipinski definition) is 0. The molecule has 8 heteroatoms. The van der Waals surface area contributed by atoms with E-state index >= 15 is 0 Å². The second kappa shape index (κ2) is 10.5. The Morgan fingerprint density at radius 2 is 1.86 bits per heavy atom. The van der Waals surface area contributed by atoms with E-state index in [1.807, 2.05) is 11.0 Å². The smallest absolute Gasteiger partial charge is 0.227 e. The van der Waals surface area contributed by atoms with E-state index in [-0.39, 0.29) is 30.8 Å². The number of likely N-dealkylation sites (tertiary alicyclic amines) is 2. The largest absolute Gasteiger partial charge is 0.545 e. The van der Waals surface area contributed by atoms with Crippen LogP contribution in [0.5, 0.6) is 0 Å². The van der Waals surface area contributed by atoms with Crippen molar-refractivity contribution in [3.63, 3.8) is 0 Å². The maximum atomic E-state index is 13.0. The van der Waals surface area contributed by atoms with Gasteiger partial charge in [-0.2, -0.15) is 0 Å². The SMILES string of the molecule is Cl.O=C([O-])/C=C1/CCN(C(=O)Cc2ccc(Cl)c(Cl)c2)C(CN2CCCC2)C1. The molecule has 0 aromatic heterocycles. The van der Waals surface area contributed by atoms with Crippen LogP contribution in [0.4, 0.5) is 0 Å². The van der Waals surface area contributed by atoms with Crippen LogP contribution >= 0.6 is 35.6 Å². The third-order valence-electron chi connectivity index (χ3n) is 5.26. The number of carboxylic acid groups (broad SMARTS) is 1. The van der Waals surface area contributed by atoms with Crippen molar-refractivity contribution in [1.82, 2.24) is 9.80 Å². The zero-order chi connectivity index (χ0) is 19.4. The zero-order valence-electron chi connectivity index (χ0n) is 15.5. The Kier molecular flexibility index (Phi) is 8.62. The molecule has 0 bridgehead atoms. The maximum Gasteiger partial charge on any atom is 0.227 e. The van der Waals surface area contributed by atoms with Crippen LogP contribution in [0.15, 0.2) is 29.8 Å². The summed E-state index contributed by atoms with van der Waals surface area (Å²) in [5.74, 6) is -1.13. The minimum absolute atomic E-state index is 0. The fraction of sp³-hybridized carbons (Fsp3) is 0.500. The molecule has 0 radical (unpaired) electrons. The fourth-order valence-corrected chi connectivity index (χ4v) is 4.26. The lowest BCUT2D eigenvalue weighted by Crippen LogP contribution is -2.50. The summed E-state index contributed by atoms with van der Waals surface area (Å²) in [6.45, 7) is 3.37. The minimum atomic E-state index is -1.17. The predicted molar refractivity (Wildman–Crippen MR) is 111 cm³/mol. The van der Waals surface area contributed by atoms with Gasteiger partial charge in [0.25, 0.3) is 0 Å². The van der Waals surface area contributed by atoms with Crippen LogP contribution in [0.1, 0.15) is 31.2 Å². The van der Waals surface area contributed by atoms with Crippen LogP contribution in [0, 0.1) is 0 Å². The number of aliphatic carboxylic acids is 1. The number of halogens is 3. The summed E-state index contributed by atoms with van der Waals surface area (Å²) in [7, 11) is 0. The van der Waals surface area contributed by atoms with Crippen molar-refractivity contribution in [3.8, 4) is 0 Å². The Hall–Kier alpha value is -1.27. The van der Waals surface area contributed by atoms with Crippen molar-refractivity contribution in [3.05, 3.63) is 45.5 Å². The predicted octanol–water partition coefficient (Wildman–Crippen LogP) is 2.72. The van der Waals surface area contributed by atoms with Crippen molar-refractivity contribution in [2.24, 2.45) is 0 Å². The Labute approximate surface area is 181 Å². The van der Waals surface area contributed by atoms with Crippen LogP contribution in [0.2, 0.25) is 10.0 Å². The number of benzene rings is 1. The van der Waals surface area contributed by atoms with Gasteiger partial charge >= 0.3 is 0 Å². The second-order valence-corrected chi connectivity index (χ2v) is 8.06. The average molecular weight is 447 g/mol. The highest BCUT2D eigenvalue weighted by atomic mass is 35.5. The number of piperidine rings is 1. The standard InChI is InChI=1S/C20H24Cl2N2O3.ClH/c21-17-4-3-14(10-18(17)22)11-19(25)24-8-5-15(12-20(26)27)9-16(24)13-23-6-1-2-7-23;/h3-4,10,12,16H,1-2,5-9,11,13H2,(H,26,27);1H/p-1/b15-12-;. The first-order valence-corrected chi connectivity index (χ1v) is 10.0. The summed E-state index contributed by atoms with van der Waals surface area (Å²) < 4.78 is 0. The summed E-state index contributed by atoms with van der Waals surface area (Å²) in [4.78, 5) is 28.1. The number of nitrogens with zero attached hydrogens (tertiary/aromatic N) is 2. The number of carboxylic acids is 1. The van der Waals surface area contributed by atoms with Crippen LogP contribution < -0.4 is 5.11 Å². The third kappa shape index (κ3) is 6.11. The van der Waals surface area contributed by atoms with Crippen molar-refractivity contribution >= 4 is 47.5 Å². The lowest BCUT2D eigenvalue weighted by Gasteiger charge is -2.39. The third-order valence-corrected chi connectivity index (χ3v) is 6.00. The van der Waals surface area contributed by atoms with Gasteiger partial charge in [0.1, 0.15) is 0 Å². The van der Waals surface area contributed by atoms with Gasteiger partial charge in [-0.15, -0.1) is 12.4 Å². The van der Waals surface area contributed by atoms with Gasteiger partial charge in [0.2, 0.25) is 5.91 Å². The van der Waals surface area contributed by atoms with Gasteiger partial charge in [-0.25, -0.2) is 0 Å². The molecule has 28 heavy (non-hydrogen) atoms. The topological polar surface area (TPSA) is 63.7 Å². The molecule has 0 spiro atoms. The molecule has 3 rings (SSSR count). The molecule has 1 aromatic carbocycles. The van der Waals surface area contributed by atoms with E-state index in [9.17, 15) is 14.7 Å². The van der Waals surface area contributed by atoms with Crippen molar-refractivity contribution in [1.29, 1.82) is 0 Å². The molecule has 0 aliphatic carbocycles. The normalized spacial score (nSPS) is 21.6. The minimum Gasteiger partial charge on any atom is -0.545 e. The molecule has 1 atom stereocenters. The molecule has 2 aliphatic rings. The van der Waals surface area contributed by atoms with E-state index in [1.54, 1.807) is 12.1 Å². The first kappa shape index (κ1) is 23.0. The summed E-state index contributed by atoms with van der Waals surface area (Å²) in [6.07, 6.45) is 4.94. The number of rotatable bonds is 5. The summed E-state index contributed by atoms with van der Waals surface area (Å²) in [6, 6.07) is 5.22. The summed E-state index contributed by atoms with van der Waals surface area (Å²) in [5, 5.41) is 11.8. The van der Waals surface area contributed by atoms with Gasteiger partial charge in [0.05, 0.1) is 22.4 Å².